The fourth-order valence-electron chi connectivity index (χ4n) is 3.35. The van der Waals surface area contributed by atoms with Crippen molar-refractivity contribution in [2.45, 2.75) is 25.1 Å². The van der Waals surface area contributed by atoms with Gasteiger partial charge in [-0.25, -0.2) is 27.8 Å². The number of aromatic nitrogens is 2. The average Bonchev–Trinajstić information content (AvgIpc) is 3.25. The van der Waals surface area contributed by atoms with Gasteiger partial charge in [0, 0.05) is 18.0 Å². The largest absolute Gasteiger partial charge is 0.491 e. The van der Waals surface area contributed by atoms with Crippen molar-refractivity contribution in [3.8, 4) is 17.1 Å². The smallest absolute Gasteiger partial charge is 0.416 e. The van der Waals surface area contributed by atoms with Crippen LogP contribution in [-0.2, 0) is 16.1 Å². The molecule has 9 nitrogen and oxygen atoms in total. The van der Waals surface area contributed by atoms with E-state index in [1.54, 1.807) is 22.8 Å². The number of benzene rings is 1. The van der Waals surface area contributed by atoms with E-state index in [1.807, 2.05) is 0 Å². The third-order valence-corrected chi connectivity index (χ3v) is 4.86. The number of nitrogens with zero attached hydrogens (tertiary/aromatic N) is 3. The van der Waals surface area contributed by atoms with Crippen molar-refractivity contribution in [3.05, 3.63) is 24.4 Å². The minimum atomic E-state index is -2.78. The Hall–Kier alpha value is -3.44. The van der Waals surface area contributed by atoms with Crippen molar-refractivity contribution >= 4 is 23.5 Å². The number of ether oxygens (including phenoxy) is 2. The first-order valence-electron chi connectivity index (χ1n) is 9.09. The number of amides is 2. The summed E-state index contributed by atoms with van der Waals surface area (Å²) in [6, 6.07) is 2.19. The molecule has 0 aliphatic carbocycles. The third-order valence-electron chi connectivity index (χ3n) is 4.86. The zero-order chi connectivity index (χ0) is 21.4. The molecule has 2 amide bonds. The first-order valence-corrected chi connectivity index (χ1v) is 9.09. The van der Waals surface area contributed by atoms with Crippen LogP contribution >= 0.6 is 0 Å². The summed E-state index contributed by atoms with van der Waals surface area (Å²) in [7, 11) is 0. The highest BCUT2D eigenvalue weighted by Gasteiger charge is 2.42. The van der Waals surface area contributed by atoms with Gasteiger partial charge in [-0.15, -0.1) is 0 Å². The molecule has 2 aliphatic rings. The lowest BCUT2D eigenvalue weighted by molar-refractivity contribution is -0.119. The van der Waals surface area contributed by atoms with Gasteiger partial charge in [0.15, 0.2) is 5.82 Å². The summed E-state index contributed by atoms with van der Waals surface area (Å²) in [5.41, 5.74) is 6.10. The van der Waals surface area contributed by atoms with E-state index in [9.17, 15) is 22.8 Å². The van der Waals surface area contributed by atoms with Crippen LogP contribution in [0.2, 0.25) is 0 Å². The molecular formula is C18H18F3N5O4. The number of nitrogens with two attached hydrogens (primary N) is 1. The van der Waals surface area contributed by atoms with Crippen LogP contribution in [0.3, 0.4) is 0 Å². The van der Waals surface area contributed by atoms with Crippen LogP contribution in [0.25, 0.3) is 11.4 Å². The fourth-order valence-corrected chi connectivity index (χ4v) is 3.35. The molecule has 160 valence electrons. The summed E-state index contributed by atoms with van der Waals surface area (Å²) >= 11 is 0. The average molecular weight is 425 g/mol. The second kappa shape index (κ2) is 7.76. The number of halogens is 3. The number of hydrogen-bond acceptors (Lipinski definition) is 6. The van der Waals surface area contributed by atoms with Crippen molar-refractivity contribution in [3.63, 3.8) is 0 Å². The SMILES string of the molecule is NC(=O)C(CF)Nc1ccc2c(c1)OCCn1cc(N3C(=O)OC[C@H]3C(F)F)nc1-2. The Kier molecular flexibility index (Phi) is 5.14. The molecule has 3 heterocycles. The lowest BCUT2D eigenvalue weighted by Crippen LogP contribution is -2.38. The number of imidazole rings is 1. The maximum atomic E-state index is 13.3. The number of cyclic esters (lactones) is 1. The summed E-state index contributed by atoms with van der Waals surface area (Å²) in [6.45, 7) is -0.790. The molecule has 2 aromatic rings. The van der Waals surface area contributed by atoms with Crippen LogP contribution < -0.4 is 20.7 Å². The molecule has 0 bridgehead atoms. The molecule has 2 atom stereocenters. The number of carbonyl (C=O) groups excluding carboxylic acids is 2. The summed E-state index contributed by atoms with van der Waals surface area (Å²) in [4.78, 5) is 28.4. The number of primary amides is 1. The molecule has 12 heteroatoms. The van der Waals surface area contributed by atoms with Gasteiger partial charge in [-0.3, -0.25) is 4.79 Å². The van der Waals surface area contributed by atoms with E-state index in [-0.39, 0.29) is 12.4 Å². The van der Waals surface area contributed by atoms with Crippen molar-refractivity contribution in [1.29, 1.82) is 0 Å². The van der Waals surface area contributed by atoms with E-state index in [1.165, 1.54) is 6.20 Å². The van der Waals surface area contributed by atoms with E-state index in [2.05, 4.69) is 10.3 Å². The molecular weight excluding hydrogens is 407 g/mol. The second-order valence-corrected chi connectivity index (χ2v) is 6.78. The quantitative estimate of drug-likeness (QED) is 0.730. The Bertz CT molecular complexity index is 983. The topological polar surface area (TPSA) is 112 Å². The van der Waals surface area contributed by atoms with E-state index in [4.69, 9.17) is 15.2 Å². The predicted molar refractivity (Wildman–Crippen MR) is 99.4 cm³/mol. The summed E-state index contributed by atoms with van der Waals surface area (Å²) in [6.07, 6.45) is -2.17. The highest BCUT2D eigenvalue weighted by Crippen LogP contribution is 2.36. The van der Waals surface area contributed by atoms with Crippen molar-refractivity contribution < 1.29 is 32.2 Å². The first-order chi connectivity index (χ1) is 14.4. The molecule has 0 saturated carbocycles. The predicted octanol–water partition coefficient (Wildman–Crippen LogP) is 1.77. The standard InChI is InChI=1S/C18H18F3N5O4/c19-6-11(16(22)27)23-9-1-2-10-13(5-9)29-4-3-25-7-14(24-17(10)25)26-12(15(20)21)8-30-18(26)28/h1-2,5,7,11-12,15,23H,3-4,6,8H2,(H2,22,27)/t11?,12-/m0/s1. The molecule has 30 heavy (non-hydrogen) atoms. The highest BCUT2D eigenvalue weighted by molar-refractivity contribution is 5.90. The normalized spacial score (nSPS) is 18.9. The number of rotatable bonds is 6. The first kappa shape index (κ1) is 19.9. The number of hydrogen-bond donors (Lipinski definition) is 2. The molecule has 0 spiro atoms. The van der Waals surface area contributed by atoms with Gasteiger partial charge in [0.25, 0.3) is 6.43 Å². The minimum absolute atomic E-state index is 0.0547. The Labute approximate surface area is 168 Å². The molecule has 0 radical (unpaired) electrons. The van der Waals surface area contributed by atoms with Gasteiger partial charge < -0.3 is 25.1 Å². The molecule has 2 aliphatic heterocycles. The van der Waals surface area contributed by atoms with Gasteiger partial charge in [0.1, 0.15) is 43.5 Å². The summed E-state index contributed by atoms with van der Waals surface area (Å²) < 4.78 is 51.7. The maximum absolute atomic E-state index is 13.3. The zero-order valence-corrected chi connectivity index (χ0v) is 15.6. The Morgan fingerprint density at radius 3 is 2.87 bits per heavy atom. The van der Waals surface area contributed by atoms with Crippen molar-refractivity contribution in [2.75, 3.05) is 30.1 Å². The van der Waals surface area contributed by atoms with Crippen LogP contribution in [0.15, 0.2) is 24.4 Å². The van der Waals surface area contributed by atoms with Crippen molar-refractivity contribution in [1.82, 2.24) is 9.55 Å². The number of anilines is 2. The Morgan fingerprint density at radius 1 is 1.37 bits per heavy atom. The van der Waals surface area contributed by atoms with E-state index in [0.717, 1.165) is 4.90 Å². The number of carbonyl (C=O) groups is 2. The number of alkyl halides is 3. The van der Waals surface area contributed by atoms with E-state index < -0.39 is 43.8 Å². The van der Waals surface area contributed by atoms with Gasteiger partial charge in [0.05, 0.1) is 12.1 Å². The summed E-state index contributed by atoms with van der Waals surface area (Å²) in [5, 5.41) is 2.69. The lowest BCUT2D eigenvalue weighted by atomic mass is 10.1. The van der Waals surface area contributed by atoms with Crippen LogP contribution in [0.5, 0.6) is 5.75 Å². The Morgan fingerprint density at radius 2 is 2.17 bits per heavy atom. The van der Waals surface area contributed by atoms with E-state index >= 15 is 0 Å². The highest BCUT2D eigenvalue weighted by atomic mass is 19.3. The Balaban J connectivity index is 1.67. The van der Waals surface area contributed by atoms with Gasteiger partial charge in [-0.2, -0.15) is 0 Å². The monoisotopic (exact) mass is 425 g/mol. The van der Waals surface area contributed by atoms with Crippen LogP contribution in [0.4, 0.5) is 29.5 Å². The fraction of sp³-hybridized carbons (Fsp3) is 0.389. The molecule has 1 unspecified atom stereocenters. The van der Waals surface area contributed by atoms with Crippen LogP contribution in [0.1, 0.15) is 0 Å². The summed E-state index contributed by atoms with van der Waals surface area (Å²) in [5.74, 6) is 0.0276. The minimum Gasteiger partial charge on any atom is -0.491 e. The molecule has 1 fully saturated rings. The molecule has 4 rings (SSSR count). The molecule has 1 aromatic heterocycles. The van der Waals surface area contributed by atoms with Crippen molar-refractivity contribution in [2.24, 2.45) is 5.73 Å². The second-order valence-electron chi connectivity index (χ2n) is 6.78. The van der Waals surface area contributed by atoms with Gasteiger partial charge in [0.2, 0.25) is 5.91 Å². The van der Waals surface area contributed by atoms with Crippen LogP contribution in [0, 0.1) is 0 Å². The van der Waals surface area contributed by atoms with Gasteiger partial charge in [-0.05, 0) is 12.1 Å². The zero-order valence-electron chi connectivity index (χ0n) is 15.6. The van der Waals surface area contributed by atoms with Crippen LogP contribution in [-0.4, -0.2) is 59.9 Å². The van der Waals surface area contributed by atoms with E-state index in [0.29, 0.717) is 29.4 Å². The molecule has 1 aromatic carbocycles. The lowest BCUT2D eigenvalue weighted by Gasteiger charge is -2.17. The third kappa shape index (κ3) is 3.48. The van der Waals surface area contributed by atoms with Gasteiger partial charge in [-0.1, -0.05) is 0 Å². The maximum Gasteiger partial charge on any atom is 0.416 e. The molecule has 1 saturated heterocycles. The van der Waals surface area contributed by atoms with Gasteiger partial charge >= 0.3 is 6.09 Å². The number of fused-ring (bicyclic) bond motifs is 3. The molecule has 3 N–H and O–H groups in total. The number of nitrogens with one attached hydrogen (secondary N) is 1.